The van der Waals surface area contributed by atoms with E-state index < -0.39 is 0 Å². The fourth-order valence-corrected chi connectivity index (χ4v) is 2.42. The van der Waals surface area contributed by atoms with Crippen LogP contribution < -0.4 is 5.32 Å². The van der Waals surface area contributed by atoms with Gasteiger partial charge >= 0.3 is 0 Å². The Labute approximate surface area is 120 Å². The summed E-state index contributed by atoms with van der Waals surface area (Å²) in [6.07, 6.45) is 4.07. The summed E-state index contributed by atoms with van der Waals surface area (Å²) in [4.78, 5) is 11.7. The summed E-state index contributed by atoms with van der Waals surface area (Å²) in [6, 6.07) is 3.68. The van der Waals surface area contributed by atoms with E-state index in [1.165, 1.54) is 24.6 Å². The lowest BCUT2D eigenvalue weighted by atomic mass is 10.4. The lowest BCUT2D eigenvalue weighted by Crippen LogP contribution is -2.27. The third-order valence-electron chi connectivity index (χ3n) is 3.00. The second-order valence-corrected chi connectivity index (χ2v) is 5.68. The van der Waals surface area contributed by atoms with Gasteiger partial charge in [0.1, 0.15) is 12.3 Å². The molecular weight excluding hydrogens is 278 g/mol. The molecule has 20 heavy (non-hydrogen) atoms. The lowest BCUT2D eigenvalue weighted by Gasteiger charge is -2.04. The van der Waals surface area contributed by atoms with Crippen LogP contribution in [0.1, 0.15) is 18.6 Å². The van der Waals surface area contributed by atoms with Gasteiger partial charge in [0.2, 0.25) is 11.1 Å². The molecule has 0 spiro atoms. The molecule has 0 atom stereocenters. The zero-order valence-corrected chi connectivity index (χ0v) is 11.7. The van der Waals surface area contributed by atoms with Gasteiger partial charge in [-0.15, -0.1) is 5.10 Å². The number of nitrogens with zero attached hydrogens (tertiary/aromatic N) is 4. The Hall–Kier alpha value is -1.83. The van der Waals surface area contributed by atoms with E-state index >= 15 is 0 Å². The Balaban J connectivity index is 1.49. The summed E-state index contributed by atoms with van der Waals surface area (Å²) in [5, 5.41) is 15.0. The van der Waals surface area contributed by atoms with Crippen molar-refractivity contribution in [3.63, 3.8) is 0 Å². The SMILES string of the molecule is O=C(CSc1nnnn1Cc1ccco1)NCC1CC1. The Morgan fingerprint density at radius 3 is 3.20 bits per heavy atom. The number of amides is 1. The summed E-state index contributed by atoms with van der Waals surface area (Å²) < 4.78 is 6.88. The first-order valence-corrected chi connectivity index (χ1v) is 7.48. The molecule has 0 bridgehead atoms. The zero-order valence-electron chi connectivity index (χ0n) is 10.9. The maximum absolute atomic E-state index is 11.7. The van der Waals surface area contributed by atoms with Crippen molar-refractivity contribution in [2.45, 2.75) is 24.5 Å². The van der Waals surface area contributed by atoms with Crippen LogP contribution in [-0.4, -0.2) is 38.4 Å². The largest absolute Gasteiger partial charge is 0.467 e. The van der Waals surface area contributed by atoms with Crippen LogP contribution in [0.15, 0.2) is 28.0 Å². The lowest BCUT2D eigenvalue weighted by molar-refractivity contribution is -0.118. The van der Waals surface area contributed by atoms with Gasteiger partial charge in [-0.25, -0.2) is 4.68 Å². The molecule has 0 aromatic carbocycles. The fraction of sp³-hybridized carbons (Fsp3) is 0.500. The average Bonchev–Trinajstić information content (AvgIpc) is 2.95. The Kier molecular flexibility index (Phi) is 4.00. The molecule has 7 nitrogen and oxygen atoms in total. The molecule has 1 N–H and O–H groups in total. The highest BCUT2D eigenvalue weighted by atomic mass is 32.2. The molecule has 8 heteroatoms. The Morgan fingerprint density at radius 2 is 2.45 bits per heavy atom. The van der Waals surface area contributed by atoms with Crippen molar-refractivity contribution in [2.24, 2.45) is 5.92 Å². The molecule has 0 saturated heterocycles. The van der Waals surface area contributed by atoms with Crippen molar-refractivity contribution in [3.8, 4) is 0 Å². The molecule has 0 radical (unpaired) electrons. The summed E-state index contributed by atoms with van der Waals surface area (Å²) in [6.45, 7) is 1.25. The molecule has 3 rings (SSSR count). The van der Waals surface area contributed by atoms with Crippen LogP contribution in [0, 0.1) is 5.92 Å². The van der Waals surface area contributed by atoms with Crippen molar-refractivity contribution in [2.75, 3.05) is 12.3 Å². The summed E-state index contributed by atoms with van der Waals surface area (Å²) in [7, 11) is 0. The smallest absolute Gasteiger partial charge is 0.230 e. The highest BCUT2D eigenvalue weighted by Gasteiger charge is 2.21. The van der Waals surface area contributed by atoms with Crippen LogP contribution in [0.25, 0.3) is 0 Å². The first kappa shape index (κ1) is 13.2. The molecular formula is C12H15N5O2S. The molecule has 0 aliphatic heterocycles. The van der Waals surface area contributed by atoms with E-state index in [1.54, 1.807) is 10.9 Å². The molecule has 2 aromatic heterocycles. The Bertz CT molecular complexity index is 564. The number of hydrogen-bond acceptors (Lipinski definition) is 6. The van der Waals surface area contributed by atoms with Crippen molar-refractivity contribution < 1.29 is 9.21 Å². The maximum atomic E-state index is 11.7. The topological polar surface area (TPSA) is 85.8 Å². The molecule has 1 saturated carbocycles. The van der Waals surface area contributed by atoms with E-state index in [1.807, 2.05) is 12.1 Å². The van der Waals surface area contributed by atoms with Crippen molar-refractivity contribution in [1.29, 1.82) is 0 Å². The normalized spacial score (nSPS) is 14.4. The third-order valence-corrected chi connectivity index (χ3v) is 3.96. The average molecular weight is 293 g/mol. The minimum absolute atomic E-state index is 0.0226. The minimum atomic E-state index is 0.0226. The molecule has 1 fully saturated rings. The summed E-state index contributed by atoms with van der Waals surface area (Å²) in [5.41, 5.74) is 0. The van der Waals surface area contributed by atoms with Gasteiger partial charge in [0.15, 0.2) is 0 Å². The number of rotatable bonds is 7. The van der Waals surface area contributed by atoms with Crippen LogP contribution in [0.4, 0.5) is 0 Å². The van der Waals surface area contributed by atoms with Crippen molar-refractivity contribution >= 4 is 17.7 Å². The number of furan rings is 1. The van der Waals surface area contributed by atoms with E-state index in [-0.39, 0.29) is 5.91 Å². The standard InChI is InChI=1S/C12H15N5O2S/c18-11(13-6-9-3-4-9)8-20-12-14-15-16-17(12)7-10-2-1-5-19-10/h1-2,5,9H,3-4,6-8H2,(H,13,18). The molecule has 0 unspecified atom stereocenters. The second-order valence-electron chi connectivity index (χ2n) is 4.73. The molecule has 1 aliphatic carbocycles. The van der Waals surface area contributed by atoms with E-state index in [2.05, 4.69) is 20.8 Å². The van der Waals surface area contributed by atoms with E-state index in [9.17, 15) is 4.79 Å². The number of carbonyl (C=O) groups excluding carboxylic acids is 1. The number of nitrogens with one attached hydrogen (secondary N) is 1. The van der Waals surface area contributed by atoms with Crippen LogP contribution >= 0.6 is 11.8 Å². The summed E-state index contributed by atoms with van der Waals surface area (Å²) in [5.74, 6) is 1.81. The van der Waals surface area contributed by atoms with Crippen LogP contribution in [0.3, 0.4) is 0 Å². The molecule has 2 aromatic rings. The third kappa shape index (κ3) is 3.60. The van der Waals surface area contributed by atoms with Crippen molar-refractivity contribution in [1.82, 2.24) is 25.5 Å². The number of hydrogen-bond donors (Lipinski definition) is 1. The Morgan fingerprint density at radius 1 is 1.55 bits per heavy atom. The predicted molar refractivity (Wildman–Crippen MR) is 72.1 cm³/mol. The highest BCUT2D eigenvalue weighted by Crippen LogP contribution is 2.27. The number of aromatic nitrogens is 4. The second kappa shape index (κ2) is 6.08. The summed E-state index contributed by atoms with van der Waals surface area (Å²) >= 11 is 1.33. The predicted octanol–water partition coefficient (Wildman–Crippen LogP) is 0.933. The first-order chi connectivity index (χ1) is 9.81. The van der Waals surface area contributed by atoms with Gasteiger partial charge in [-0.3, -0.25) is 4.79 Å². The number of tetrazole rings is 1. The highest BCUT2D eigenvalue weighted by molar-refractivity contribution is 7.99. The quantitative estimate of drug-likeness (QED) is 0.764. The molecule has 2 heterocycles. The molecule has 106 valence electrons. The maximum Gasteiger partial charge on any atom is 0.230 e. The number of thioether (sulfide) groups is 1. The minimum Gasteiger partial charge on any atom is -0.467 e. The van der Waals surface area contributed by atoms with E-state index in [0.29, 0.717) is 23.4 Å². The first-order valence-electron chi connectivity index (χ1n) is 6.49. The van der Waals surface area contributed by atoms with Gasteiger partial charge in [-0.2, -0.15) is 0 Å². The fourth-order valence-electron chi connectivity index (χ4n) is 1.71. The van der Waals surface area contributed by atoms with Crippen molar-refractivity contribution in [3.05, 3.63) is 24.2 Å². The zero-order chi connectivity index (χ0) is 13.8. The van der Waals surface area contributed by atoms with Crippen LogP contribution in [0.5, 0.6) is 0 Å². The van der Waals surface area contributed by atoms with Gasteiger partial charge in [-0.05, 0) is 41.3 Å². The van der Waals surface area contributed by atoms with Gasteiger partial charge in [0.05, 0.1) is 12.0 Å². The van der Waals surface area contributed by atoms with Gasteiger partial charge in [0, 0.05) is 6.54 Å². The monoisotopic (exact) mass is 293 g/mol. The molecule has 1 aliphatic rings. The van der Waals surface area contributed by atoms with Gasteiger partial charge < -0.3 is 9.73 Å². The van der Waals surface area contributed by atoms with Gasteiger partial charge in [-0.1, -0.05) is 11.8 Å². The van der Waals surface area contributed by atoms with Gasteiger partial charge in [0.25, 0.3) is 0 Å². The van der Waals surface area contributed by atoms with Crippen LogP contribution in [0.2, 0.25) is 0 Å². The van der Waals surface area contributed by atoms with Crippen LogP contribution in [-0.2, 0) is 11.3 Å². The van der Waals surface area contributed by atoms with E-state index in [4.69, 9.17) is 4.42 Å². The molecule has 1 amide bonds. The van der Waals surface area contributed by atoms with E-state index in [0.717, 1.165) is 12.3 Å². The number of carbonyl (C=O) groups is 1.